The molecule has 0 radical (unpaired) electrons. The molecule has 0 spiro atoms. The molecule has 1 N–H and O–H groups in total. The summed E-state index contributed by atoms with van der Waals surface area (Å²) < 4.78 is 5.79. The minimum atomic E-state index is -0.0766. The Morgan fingerprint density at radius 2 is 2.18 bits per heavy atom. The lowest BCUT2D eigenvalue weighted by molar-refractivity contribution is -0.138. The molecule has 1 atom stereocenters. The Labute approximate surface area is 129 Å². The van der Waals surface area contributed by atoms with Gasteiger partial charge < -0.3 is 9.64 Å². The number of aromatic nitrogens is 3. The normalized spacial score (nSPS) is 18.5. The van der Waals surface area contributed by atoms with Gasteiger partial charge in [0.2, 0.25) is 5.91 Å². The van der Waals surface area contributed by atoms with Crippen LogP contribution >= 0.6 is 0 Å². The maximum Gasteiger partial charge on any atom is 0.227 e. The fraction of sp³-hybridized carbons (Fsp3) is 0.438. The highest BCUT2D eigenvalue weighted by atomic mass is 16.5. The van der Waals surface area contributed by atoms with Crippen molar-refractivity contribution in [3.63, 3.8) is 0 Å². The summed E-state index contributed by atoms with van der Waals surface area (Å²) in [5, 5.41) is 7.08. The number of rotatable bonds is 3. The number of hydrogen-bond acceptors (Lipinski definition) is 4. The van der Waals surface area contributed by atoms with Gasteiger partial charge in [-0.05, 0) is 31.5 Å². The Morgan fingerprint density at radius 3 is 2.86 bits per heavy atom. The summed E-state index contributed by atoms with van der Waals surface area (Å²) in [6, 6.07) is 3.87. The summed E-state index contributed by atoms with van der Waals surface area (Å²) in [6.07, 6.45) is 3.80. The van der Waals surface area contributed by atoms with Crippen molar-refractivity contribution in [1.29, 1.82) is 0 Å². The third kappa shape index (κ3) is 3.01. The molecule has 0 aromatic carbocycles. The lowest BCUT2D eigenvalue weighted by atomic mass is 10.1. The van der Waals surface area contributed by atoms with E-state index in [2.05, 4.69) is 15.2 Å². The van der Waals surface area contributed by atoms with Gasteiger partial charge in [0.25, 0.3) is 0 Å². The van der Waals surface area contributed by atoms with Crippen LogP contribution < -0.4 is 0 Å². The molecule has 116 valence electrons. The molecule has 0 aliphatic carbocycles. The fourth-order valence-electron chi connectivity index (χ4n) is 2.75. The highest BCUT2D eigenvalue weighted by molar-refractivity contribution is 5.79. The highest BCUT2D eigenvalue weighted by Crippen LogP contribution is 2.22. The van der Waals surface area contributed by atoms with Gasteiger partial charge in [-0.2, -0.15) is 5.10 Å². The van der Waals surface area contributed by atoms with Crippen molar-refractivity contribution in [3.05, 3.63) is 47.0 Å². The summed E-state index contributed by atoms with van der Waals surface area (Å²) in [7, 11) is 0. The largest absolute Gasteiger partial charge is 0.370 e. The van der Waals surface area contributed by atoms with Crippen LogP contribution in [0.15, 0.2) is 24.5 Å². The monoisotopic (exact) mass is 300 g/mol. The van der Waals surface area contributed by atoms with Crippen molar-refractivity contribution in [2.24, 2.45) is 0 Å². The lowest BCUT2D eigenvalue weighted by Gasteiger charge is -2.33. The number of amides is 1. The second-order valence-electron chi connectivity index (χ2n) is 5.57. The van der Waals surface area contributed by atoms with Crippen molar-refractivity contribution in [2.75, 3.05) is 19.7 Å². The topological polar surface area (TPSA) is 71.1 Å². The Balaban J connectivity index is 1.68. The number of carbonyl (C=O) groups excluding carboxylic acids is 1. The van der Waals surface area contributed by atoms with E-state index in [-0.39, 0.29) is 12.0 Å². The third-order valence-corrected chi connectivity index (χ3v) is 4.11. The first-order valence-corrected chi connectivity index (χ1v) is 7.45. The van der Waals surface area contributed by atoms with Crippen LogP contribution in [0, 0.1) is 13.8 Å². The van der Waals surface area contributed by atoms with E-state index in [9.17, 15) is 4.79 Å². The number of aromatic amines is 1. The number of carbonyl (C=O) groups is 1. The van der Waals surface area contributed by atoms with E-state index in [1.54, 1.807) is 12.4 Å². The fourth-order valence-corrected chi connectivity index (χ4v) is 2.75. The minimum absolute atomic E-state index is 0.0766. The van der Waals surface area contributed by atoms with Crippen molar-refractivity contribution in [3.8, 4) is 0 Å². The number of nitrogens with zero attached hydrogens (tertiary/aromatic N) is 3. The molecule has 3 rings (SSSR count). The van der Waals surface area contributed by atoms with Crippen LogP contribution in [0.1, 0.15) is 28.6 Å². The van der Waals surface area contributed by atoms with E-state index in [1.807, 2.05) is 30.9 Å². The number of nitrogens with one attached hydrogen (secondary N) is 1. The Kier molecular flexibility index (Phi) is 4.20. The van der Waals surface area contributed by atoms with Crippen molar-refractivity contribution >= 4 is 5.91 Å². The SMILES string of the molecule is Cc1n[nH]c(C)c1CC(=O)N1CCO[C@@H](c2ccncc2)C1. The molecule has 0 unspecified atom stereocenters. The zero-order valence-electron chi connectivity index (χ0n) is 12.9. The average molecular weight is 300 g/mol. The smallest absolute Gasteiger partial charge is 0.227 e. The second-order valence-corrected chi connectivity index (χ2v) is 5.57. The molecule has 1 fully saturated rings. The molecular formula is C16H20N4O2. The molecule has 2 aromatic heterocycles. The van der Waals surface area contributed by atoms with Crippen LogP contribution in [0.4, 0.5) is 0 Å². The van der Waals surface area contributed by atoms with Crippen molar-refractivity contribution < 1.29 is 9.53 Å². The van der Waals surface area contributed by atoms with Crippen LogP contribution in [-0.4, -0.2) is 45.7 Å². The number of aryl methyl sites for hydroxylation is 2. The maximum absolute atomic E-state index is 12.6. The summed E-state index contributed by atoms with van der Waals surface area (Å²) in [5.74, 6) is 0.120. The molecule has 6 heteroatoms. The van der Waals surface area contributed by atoms with E-state index in [1.165, 1.54) is 0 Å². The number of morpholine rings is 1. The Hall–Kier alpha value is -2.21. The van der Waals surface area contributed by atoms with Crippen molar-refractivity contribution in [2.45, 2.75) is 26.4 Å². The molecule has 1 amide bonds. The van der Waals surface area contributed by atoms with E-state index in [0.29, 0.717) is 26.1 Å². The predicted molar refractivity (Wildman–Crippen MR) is 81.3 cm³/mol. The van der Waals surface area contributed by atoms with Crippen LogP contribution in [0.5, 0.6) is 0 Å². The van der Waals surface area contributed by atoms with E-state index in [4.69, 9.17) is 4.74 Å². The zero-order chi connectivity index (χ0) is 15.5. The molecule has 1 aliphatic rings. The number of ether oxygens (including phenoxy) is 1. The van der Waals surface area contributed by atoms with Crippen molar-refractivity contribution in [1.82, 2.24) is 20.1 Å². The van der Waals surface area contributed by atoms with Gasteiger partial charge >= 0.3 is 0 Å². The highest BCUT2D eigenvalue weighted by Gasteiger charge is 2.26. The molecular weight excluding hydrogens is 280 g/mol. The van der Waals surface area contributed by atoms with Crippen LogP contribution in [-0.2, 0) is 16.0 Å². The Morgan fingerprint density at radius 1 is 1.41 bits per heavy atom. The van der Waals surface area contributed by atoms with Crippen LogP contribution in [0.25, 0.3) is 0 Å². The van der Waals surface area contributed by atoms with Crippen LogP contribution in [0.3, 0.4) is 0 Å². The predicted octanol–water partition coefficient (Wildman–Crippen LogP) is 1.56. The summed E-state index contributed by atoms with van der Waals surface area (Å²) in [6.45, 7) is 5.64. The van der Waals surface area contributed by atoms with E-state index < -0.39 is 0 Å². The molecule has 1 saturated heterocycles. The van der Waals surface area contributed by atoms with Gasteiger partial charge in [0.15, 0.2) is 0 Å². The number of pyridine rings is 1. The van der Waals surface area contributed by atoms with Gasteiger partial charge in [-0.15, -0.1) is 0 Å². The van der Waals surface area contributed by atoms with Gasteiger partial charge in [-0.1, -0.05) is 0 Å². The first-order chi connectivity index (χ1) is 10.6. The van der Waals surface area contributed by atoms with Gasteiger partial charge in [0.05, 0.1) is 25.3 Å². The second kappa shape index (κ2) is 6.27. The minimum Gasteiger partial charge on any atom is -0.370 e. The molecule has 0 bridgehead atoms. The zero-order valence-corrected chi connectivity index (χ0v) is 12.9. The molecule has 1 aliphatic heterocycles. The summed E-state index contributed by atoms with van der Waals surface area (Å²) in [4.78, 5) is 18.5. The van der Waals surface area contributed by atoms with Gasteiger partial charge in [0, 0.05) is 30.2 Å². The summed E-state index contributed by atoms with van der Waals surface area (Å²) >= 11 is 0. The first kappa shape index (κ1) is 14.7. The quantitative estimate of drug-likeness (QED) is 0.934. The summed E-state index contributed by atoms with van der Waals surface area (Å²) in [5.41, 5.74) is 3.91. The average Bonchev–Trinajstić information content (AvgIpc) is 2.88. The molecule has 3 heterocycles. The molecule has 0 saturated carbocycles. The van der Waals surface area contributed by atoms with Gasteiger partial charge in [-0.25, -0.2) is 0 Å². The molecule has 22 heavy (non-hydrogen) atoms. The van der Waals surface area contributed by atoms with E-state index >= 15 is 0 Å². The standard InChI is InChI=1S/C16H20N4O2/c1-11-14(12(2)19-18-11)9-16(21)20-7-8-22-15(10-20)13-3-5-17-6-4-13/h3-6,15H,7-10H2,1-2H3,(H,18,19)/t15-/m1/s1. The Bertz CT molecular complexity index is 634. The van der Waals surface area contributed by atoms with Gasteiger partial charge in [0.1, 0.15) is 6.10 Å². The molecule has 6 nitrogen and oxygen atoms in total. The first-order valence-electron chi connectivity index (χ1n) is 7.45. The third-order valence-electron chi connectivity index (χ3n) is 4.11. The lowest BCUT2D eigenvalue weighted by Crippen LogP contribution is -2.43. The molecule has 2 aromatic rings. The number of H-pyrrole nitrogens is 1. The van der Waals surface area contributed by atoms with Gasteiger partial charge in [-0.3, -0.25) is 14.9 Å². The van der Waals surface area contributed by atoms with E-state index in [0.717, 1.165) is 22.5 Å². The number of hydrogen-bond donors (Lipinski definition) is 1. The van der Waals surface area contributed by atoms with Crippen LogP contribution in [0.2, 0.25) is 0 Å². The maximum atomic E-state index is 12.6.